The first-order valence-electron chi connectivity index (χ1n) is 8.46. The summed E-state index contributed by atoms with van der Waals surface area (Å²) in [5.41, 5.74) is 0.808. The van der Waals surface area contributed by atoms with E-state index >= 15 is 0 Å². The lowest BCUT2D eigenvalue weighted by atomic mass is 10.1. The molecule has 144 valence electrons. The Hall–Kier alpha value is -3.16. The molecule has 0 saturated carbocycles. The molecule has 0 aliphatic carbocycles. The summed E-state index contributed by atoms with van der Waals surface area (Å²) in [6, 6.07) is 16.2. The number of carbonyl (C=O) groups is 3. The van der Waals surface area contributed by atoms with Crippen molar-refractivity contribution in [1.29, 1.82) is 0 Å². The van der Waals surface area contributed by atoms with Crippen molar-refractivity contribution in [1.82, 2.24) is 5.32 Å². The van der Waals surface area contributed by atoms with Crippen molar-refractivity contribution in [2.24, 2.45) is 0 Å². The van der Waals surface area contributed by atoms with Gasteiger partial charge in [0.2, 0.25) is 0 Å². The van der Waals surface area contributed by atoms with Crippen LogP contribution in [0, 0.1) is 0 Å². The predicted molar refractivity (Wildman–Crippen MR) is 112 cm³/mol. The number of hydrogen-bond donors (Lipinski definition) is 1. The van der Waals surface area contributed by atoms with Crippen molar-refractivity contribution in [2.45, 2.75) is 0 Å². The molecule has 0 unspecified atom stereocenters. The quantitative estimate of drug-likeness (QED) is 0.429. The molecule has 29 heavy (non-hydrogen) atoms. The Morgan fingerprint density at radius 1 is 0.966 bits per heavy atom. The van der Waals surface area contributed by atoms with Gasteiger partial charge in [0.15, 0.2) is 0 Å². The van der Waals surface area contributed by atoms with Gasteiger partial charge in [-0.2, -0.15) is 0 Å². The number of nitrogens with zero attached hydrogens (tertiary/aromatic N) is 1. The molecular formula is C21H12BrClN2O4. The molecule has 1 saturated heterocycles. The number of barbiturate groups is 1. The molecule has 1 aliphatic heterocycles. The monoisotopic (exact) mass is 470 g/mol. The fourth-order valence-electron chi connectivity index (χ4n) is 2.86. The van der Waals surface area contributed by atoms with Crippen LogP contribution in [-0.4, -0.2) is 17.8 Å². The SMILES string of the molecule is O=C1NC(=O)N(c2ccc(Br)cc2)C(=O)/C1=C/c1ccc(-c2ccccc2Cl)o1. The minimum atomic E-state index is -0.810. The number of hydrogen-bond acceptors (Lipinski definition) is 4. The number of benzene rings is 2. The van der Waals surface area contributed by atoms with Gasteiger partial charge in [0.25, 0.3) is 11.8 Å². The van der Waals surface area contributed by atoms with Gasteiger partial charge >= 0.3 is 6.03 Å². The zero-order valence-electron chi connectivity index (χ0n) is 14.7. The largest absolute Gasteiger partial charge is 0.457 e. The molecule has 0 bridgehead atoms. The number of furan rings is 1. The summed E-state index contributed by atoms with van der Waals surface area (Å²) in [5.74, 6) is -0.753. The van der Waals surface area contributed by atoms with Crippen LogP contribution in [0.4, 0.5) is 10.5 Å². The second-order valence-corrected chi connectivity index (χ2v) is 7.44. The Balaban J connectivity index is 1.68. The highest BCUT2D eigenvalue weighted by Crippen LogP contribution is 2.30. The van der Waals surface area contributed by atoms with Crippen LogP contribution in [0.3, 0.4) is 0 Å². The molecule has 3 aromatic rings. The molecule has 2 aromatic carbocycles. The van der Waals surface area contributed by atoms with E-state index in [2.05, 4.69) is 21.2 Å². The first-order valence-corrected chi connectivity index (χ1v) is 9.63. The van der Waals surface area contributed by atoms with Crippen LogP contribution in [-0.2, 0) is 9.59 Å². The smallest absolute Gasteiger partial charge is 0.335 e. The van der Waals surface area contributed by atoms with Gasteiger partial charge in [0, 0.05) is 10.0 Å². The predicted octanol–water partition coefficient (Wildman–Crippen LogP) is 5.03. The van der Waals surface area contributed by atoms with Crippen LogP contribution in [0.5, 0.6) is 0 Å². The first kappa shape index (κ1) is 19.2. The molecule has 1 aliphatic rings. The highest BCUT2D eigenvalue weighted by molar-refractivity contribution is 9.10. The van der Waals surface area contributed by atoms with Crippen LogP contribution in [0.15, 0.2) is 75.1 Å². The molecule has 4 amide bonds. The second kappa shape index (κ2) is 7.69. The van der Waals surface area contributed by atoms with E-state index in [0.717, 1.165) is 9.37 Å². The van der Waals surface area contributed by atoms with Gasteiger partial charge < -0.3 is 4.42 Å². The van der Waals surface area contributed by atoms with Crippen LogP contribution in [0.2, 0.25) is 5.02 Å². The topological polar surface area (TPSA) is 79.6 Å². The van der Waals surface area contributed by atoms with Crippen LogP contribution < -0.4 is 10.2 Å². The number of anilines is 1. The number of urea groups is 1. The van der Waals surface area contributed by atoms with E-state index in [1.165, 1.54) is 6.08 Å². The van der Waals surface area contributed by atoms with Gasteiger partial charge in [0.1, 0.15) is 17.1 Å². The van der Waals surface area contributed by atoms with Crippen molar-refractivity contribution < 1.29 is 18.8 Å². The van der Waals surface area contributed by atoms with Crippen molar-refractivity contribution in [3.8, 4) is 11.3 Å². The summed E-state index contributed by atoms with van der Waals surface area (Å²) in [6.07, 6.45) is 1.30. The Kier molecular flexibility index (Phi) is 5.08. The van der Waals surface area contributed by atoms with Crippen LogP contribution in [0.25, 0.3) is 17.4 Å². The summed E-state index contributed by atoms with van der Waals surface area (Å²) in [6.45, 7) is 0. The normalized spacial score (nSPS) is 15.7. The molecule has 0 atom stereocenters. The summed E-state index contributed by atoms with van der Waals surface area (Å²) in [7, 11) is 0. The lowest BCUT2D eigenvalue weighted by Crippen LogP contribution is -2.54. The zero-order chi connectivity index (χ0) is 20.5. The Morgan fingerprint density at radius 3 is 2.41 bits per heavy atom. The lowest BCUT2D eigenvalue weighted by molar-refractivity contribution is -0.122. The van der Waals surface area contributed by atoms with Crippen LogP contribution in [0.1, 0.15) is 5.76 Å². The molecule has 1 fully saturated rings. The summed E-state index contributed by atoms with van der Waals surface area (Å²) in [5, 5.41) is 2.69. The van der Waals surface area contributed by atoms with E-state index < -0.39 is 17.8 Å². The number of halogens is 2. The third-order valence-corrected chi connectivity index (χ3v) is 5.10. The van der Waals surface area contributed by atoms with E-state index in [-0.39, 0.29) is 11.3 Å². The van der Waals surface area contributed by atoms with Crippen molar-refractivity contribution in [3.63, 3.8) is 0 Å². The van der Waals surface area contributed by atoms with Crippen LogP contribution >= 0.6 is 27.5 Å². The lowest BCUT2D eigenvalue weighted by Gasteiger charge is -2.26. The third-order valence-electron chi connectivity index (χ3n) is 4.24. The number of amides is 4. The molecule has 0 spiro atoms. The van der Waals surface area contributed by atoms with E-state index in [4.69, 9.17) is 16.0 Å². The minimum Gasteiger partial charge on any atom is -0.457 e. The fraction of sp³-hybridized carbons (Fsp3) is 0. The Morgan fingerprint density at radius 2 is 1.69 bits per heavy atom. The van der Waals surface area contributed by atoms with Gasteiger partial charge in [-0.25, -0.2) is 9.69 Å². The molecule has 4 rings (SSSR count). The van der Waals surface area contributed by atoms with E-state index in [1.807, 2.05) is 6.07 Å². The van der Waals surface area contributed by atoms with Gasteiger partial charge in [-0.15, -0.1) is 0 Å². The average molecular weight is 472 g/mol. The standard InChI is InChI=1S/C21H12BrClN2O4/c22-12-5-7-13(8-6-12)25-20(27)16(19(26)24-21(25)28)11-14-9-10-18(29-14)15-3-1-2-4-17(15)23/h1-11H,(H,24,26,28)/b16-11+. The summed E-state index contributed by atoms with van der Waals surface area (Å²) >= 11 is 9.48. The van der Waals surface area contributed by atoms with Crippen molar-refractivity contribution in [3.05, 3.63) is 81.5 Å². The van der Waals surface area contributed by atoms with Gasteiger partial charge in [-0.05, 0) is 54.6 Å². The average Bonchev–Trinajstić information content (AvgIpc) is 3.15. The maximum Gasteiger partial charge on any atom is 0.335 e. The maximum absolute atomic E-state index is 12.9. The Bertz CT molecular complexity index is 1170. The molecular weight excluding hydrogens is 460 g/mol. The zero-order valence-corrected chi connectivity index (χ0v) is 17.0. The Labute approximate surface area is 178 Å². The molecule has 1 aromatic heterocycles. The molecule has 1 N–H and O–H groups in total. The number of imide groups is 2. The number of carbonyl (C=O) groups excluding carboxylic acids is 3. The maximum atomic E-state index is 12.9. The fourth-order valence-corrected chi connectivity index (χ4v) is 3.35. The first-order chi connectivity index (χ1) is 13.9. The van der Waals surface area contributed by atoms with E-state index in [0.29, 0.717) is 22.0 Å². The van der Waals surface area contributed by atoms with E-state index in [9.17, 15) is 14.4 Å². The van der Waals surface area contributed by atoms with Gasteiger partial charge in [-0.1, -0.05) is 39.7 Å². The molecule has 8 heteroatoms. The van der Waals surface area contributed by atoms with E-state index in [1.54, 1.807) is 54.6 Å². The minimum absolute atomic E-state index is 0.215. The summed E-state index contributed by atoms with van der Waals surface area (Å²) in [4.78, 5) is 38.3. The highest BCUT2D eigenvalue weighted by atomic mass is 79.9. The van der Waals surface area contributed by atoms with Gasteiger partial charge in [-0.3, -0.25) is 14.9 Å². The van der Waals surface area contributed by atoms with Crippen molar-refractivity contribution in [2.75, 3.05) is 4.90 Å². The second-order valence-electron chi connectivity index (χ2n) is 6.12. The van der Waals surface area contributed by atoms with Gasteiger partial charge in [0.05, 0.1) is 10.7 Å². The molecule has 0 radical (unpaired) electrons. The molecule has 2 heterocycles. The molecule has 6 nitrogen and oxygen atoms in total. The van der Waals surface area contributed by atoms with Crippen molar-refractivity contribution >= 4 is 57.1 Å². The third kappa shape index (κ3) is 3.74. The summed E-state index contributed by atoms with van der Waals surface area (Å²) < 4.78 is 6.52. The number of rotatable bonds is 3. The highest BCUT2D eigenvalue weighted by Gasteiger charge is 2.37. The number of nitrogens with one attached hydrogen (secondary N) is 1.